The standard InChI is InChI=1S/C32H44N2O4/c1-2-38-30-22-25(15-16-26(30)17-18-32(36)37)23-31(35)33-28(21-24-11-5-3-6-12-24)27-13-7-8-14-29(27)34-19-9-4-10-20-34/h7-8,13-16,22,24,28H,2-6,9-12,17-21,23H2,1H3,(H,33,35)(H,36,37). The molecule has 1 aliphatic heterocycles. The van der Waals surface area contributed by atoms with Gasteiger partial charge in [-0.1, -0.05) is 62.4 Å². The highest BCUT2D eigenvalue weighted by atomic mass is 16.5. The Labute approximate surface area is 227 Å². The van der Waals surface area contributed by atoms with Crippen LogP contribution in [0.3, 0.4) is 0 Å². The maximum absolute atomic E-state index is 13.5. The molecule has 4 rings (SSSR count). The zero-order valence-corrected chi connectivity index (χ0v) is 22.9. The predicted molar refractivity (Wildman–Crippen MR) is 152 cm³/mol. The van der Waals surface area contributed by atoms with Gasteiger partial charge in [-0.15, -0.1) is 0 Å². The molecule has 1 saturated heterocycles. The molecule has 38 heavy (non-hydrogen) atoms. The van der Waals surface area contributed by atoms with E-state index in [1.807, 2.05) is 25.1 Å². The zero-order chi connectivity index (χ0) is 26.7. The van der Waals surface area contributed by atoms with Crippen molar-refractivity contribution >= 4 is 17.6 Å². The highest BCUT2D eigenvalue weighted by molar-refractivity contribution is 5.79. The summed E-state index contributed by atoms with van der Waals surface area (Å²) in [5, 5.41) is 12.5. The number of nitrogens with one attached hydrogen (secondary N) is 1. The first-order chi connectivity index (χ1) is 18.5. The van der Waals surface area contributed by atoms with Crippen LogP contribution >= 0.6 is 0 Å². The summed E-state index contributed by atoms with van der Waals surface area (Å²) in [5.41, 5.74) is 4.26. The summed E-state index contributed by atoms with van der Waals surface area (Å²) in [6, 6.07) is 14.4. The predicted octanol–water partition coefficient (Wildman–Crippen LogP) is 6.46. The van der Waals surface area contributed by atoms with E-state index in [0.29, 0.717) is 24.7 Å². The first-order valence-corrected chi connectivity index (χ1v) is 14.6. The lowest BCUT2D eigenvalue weighted by molar-refractivity contribution is -0.137. The molecule has 2 aromatic carbocycles. The Morgan fingerprint density at radius 2 is 1.76 bits per heavy atom. The summed E-state index contributed by atoms with van der Waals surface area (Å²) in [6.45, 7) is 4.56. The van der Waals surface area contributed by atoms with Crippen LogP contribution in [0.25, 0.3) is 0 Å². The van der Waals surface area contributed by atoms with Gasteiger partial charge in [-0.05, 0) is 73.8 Å². The number of para-hydroxylation sites is 1. The summed E-state index contributed by atoms with van der Waals surface area (Å²) in [6.07, 6.45) is 11.8. The monoisotopic (exact) mass is 520 g/mol. The average Bonchev–Trinajstić information content (AvgIpc) is 2.93. The molecule has 206 valence electrons. The van der Waals surface area contributed by atoms with Gasteiger partial charge in [-0.25, -0.2) is 0 Å². The Balaban J connectivity index is 1.52. The molecule has 1 unspecified atom stereocenters. The van der Waals surface area contributed by atoms with Gasteiger partial charge in [0, 0.05) is 25.2 Å². The summed E-state index contributed by atoms with van der Waals surface area (Å²) in [7, 11) is 0. The van der Waals surface area contributed by atoms with Gasteiger partial charge in [-0.2, -0.15) is 0 Å². The second-order valence-electron chi connectivity index (χ2n) is 10.9. The van der Waals surface area contributed by atoms with Crippen LogP contribution in [0.5, 0.6) is 5.75 Å². The molecule has 1 aliphatic carbocycles. The number of carbonyl (C=O) groups excluding carboxylic acids is 1. The third-order valence-corrected chi connectivity index (χ3v) is 8.04. The van der Waals surface area contributed by atoms with E-state index >= 15 is 0 Å². The first kappa shape index (κ1) is 28.0. The number of aryl methyl sites for hydroxylation is 1. The Morgan fingerprint density at radius 1 is 1.03 bits per heavy atom. The van der Waals surface area contributed by atoms with E-state index < -0.39 is 5.97 Å². The van der Waals surface area contributed by atoms with E-state index in [1.165, 1.54) is 62.6 Å². The van der Waals surface area contributed by atoms with Crippen LogP contribution in [0.1, 0.15) is 93.9 Å². The third-order valence-electron chi connectivity index (χ3n) is 8.04. The molecule has 2 aliphatic rings. The van der Waals surface area contributed by atoms with Gasteiger partial charge >= 0.3 is 5.97 Å². The Hall–Kier alpha value is -3.02. The van der Waals surface area contributed by atoms with Crippen molar-refractivity contribution in [3.63, 3.8) is 0 Å². The molecule has 2 fully saturated rings. The number of ether oxygens (including phenoxy) is 1. The number of hydrogen-bond donors (Lipinski definition) is 2. The fraction of sp³-hybridized carbons (Fsp3) is 0.562. The van der Waals surface area contributed by atoms with Crippen LogP contribution in [0.15, 0.2) is 42.5 Å². The molecule has 0 bridgehead atoms. The van der Waals surface area contributed by atoms with Gasteiger partial charge in [-0.3, -0.25) is 9.59 Å². The minimum atomic E-state index is -0.829. The van der Waals surface area contributed by atoms with Crippen LogP contribution in [-0.2, 0) is 22.4 Å². The van der Waals surface area contributed by atoms with Crippen molar-refractivity contribution < 1.29 is 19.4 Å². The summed E-state index contributed by atoms with van der Waals surface area (Å²) in [5.74, 6) is 0.500. The van der Waals surface area contributed by atoms with Crippen LogP contribution in [0, 0.1) is 5.92 Å². The second-order valence-corrected chi connectivity index (χ2v) is 10.9. The quantitative estimate of drug-likeness (QED) is 0.336. The molecule has 6 nitrogen and oxygen atoms in total. The van der Waals surface area contributed by atoms with Gasteiger partial charge in [0.2, 0.25) is 5.91 Å². The smallest absolute Gasteiger partial charge is 0.303 e. The molecule has 2 N–H and O–H groups in total. The largest absolute Gasteiger partial charge is 0.494 e. The molecule has 6 heteroatoms. The van der Waals surface area contributed by atoms with Crippen molar-refractivity contribution in [3.05, 3.63) is 59.2 Å². The van der Waals surface area contributed by atoms with Crippen molar-refractivity contribution in [2.45, 2.75) is 90.0 Å². The number of anilines is 1. The molecule has 1 heterocycles. The van der Waals surface area contributed by atoms with E-state index in [1.54, 1.807) is 0 Å². The van der Waals surface area contributed by atoms with Crippen LogP contribution in [0.4, 0.5) is 5.69 Å². The van der Waals surface area contributed by atoms with Crippen LogP contribution in [-0.4, -0.2) is 36.7 Å². The summed E-state index contributed by atoms with van der Waals surface area (Å²) < 4.78 is 5.80. The van der Waals surface area contributed by atoms with Gasteiger partial charge in [0.05, 0.1) is 19.1 Å². The van der Waals surface area contributed by atoms with Gasteiger partial charge in [0.15, 0.2) is 0 Å². The van der Waals surface area contributed by atoms with E-state index in [4.69, 9.17) is 9.84 Å². The second kappa shape index (κ2) is 14.2. The lowest BCUT2D eigenvalue weighted by Crippen LogP contribution is -2.35. The lowest BCUT2D eigenvalue weighted by atomic mass is 9.83. The molecule has 1 atom stereocenters. The number of benzene rings is 2. The average molecular weight is 521 g/mol. The van der Waals surface area contributed by atoms with Crippen molar-refractivity contribution in [2.75, 3.05) is 24.6 Å². The number of carboxylic acids is 1. The number of carboxylic acid groups (broad SMARTS) is 1. The molecular formula is C32H44N2O4. The Kier molecular flexibility index (Phi) is 10.5. The molecule has 1 saturated carbocycles. The van der Waals surface area contributed by atoms with Gasteiger partial charge in [0.1, 0.15) is 5.75 Å². The fourth-order valence-corrected chi connectivity index (χ4v) is 6.10. The van der Waals surface area contributed by atoms with E-state index in [-0.39, 0.29) is 24.8 Å². The lowest BCUT2D eigenvalue weighted by Gasteiger charge is -2.34. The highest BCUT2D eigenvalue weighted by Crippen LogP contribution is 2.36. The van der Waals surface area contributed by atoms with E-state index in [9.17, 15) is 9.59 Å². The number of amides is 1. The molecule has 2 aromatic rings. The van der Waals surface area contributed by atoms with Crippen LogP contribution < -0.4 is 15.0 Å². The van der Waals surface area contributed by atoms with Crippen molar-refractivity contribution in [3.8, 4) is 5.75 Å². The van der Waals surface area contributed by atoms with Gasteiger partial charge < -0.3 is 20.1 Å². The maximum Gasteiger partial charge on any atom is 0.303 e. The molecule has 1 amide bonds. The number of rotatable bonds is 12. The number of nitrogens with zero attached hydrogens (tertiary/aromatic N) is 1. The van der Waals surface area contributed by atoms with E-state index in [0.717, 1.165) is 30.6 Å². The fourth-order valence-electron chi connectivity index (χ4n) is 6.10. The van der Waals surface area contributed by atoms with Crippen molar-refractivity contribution in [1.29, 1.82) is 0 Å². The van der Waals surface area contributed by atoms with Crippen LogP contribution in [0.2, 0.25) is 0 Å². The number of piperidine rings is 1. The molecule has 0 spiro atoms. The third kappa shape index (κ3) is 7.99. The Morgan fingerprint density at radius 3 is 2.50 bits per heavy atom. The molecule has 0 aromatic heterocycles. The summed E-state index contributed by atoms with van der Waals surface area (Å²) in [4.78, 5) is 27.0. The minimum Gasteiger partial charge on any atom is -0.494 e. The van der Waals surface area contributed by atoms with E-state index in [2.05, 4.69) is 34.5 Å². The minimum absolute atomic E-state index is 0.00933. The normalized spacial score (nSPS) is 17.1. The molecule has 0 radical (unpaired) electrons. The number of carbonyl (C=O) groups is 2. The summed E-state index contributed by atoms with van der Waals surface area (Å²) >= 11 is 0. The number of hydrogen-bond acceptors (Lipinski definition) is 4. The highest BCUT2D eigenvalue weighted by Gasteiger charge is 2.26. The van der Waals surface area contributed by atoms with Crippen molar-refractivity contribution in [2.24, 2.45) is 5.92 Å². The first-order valence-electron chi connectivity index (χ1n) is 14.6. The zero-order valence-electron chi connectivity index (χ0n) is 22.9. The maximum atomic E-state index is 13.5. The Bertz CT molecular complexity index is 1060. The number of aliphatic carboxylic acids is 1. The van der Waals surface area contributed by atoms with Gasteiger partial charge in [0.25, 0.3) is 0 Å². The topological polar surface area (TPSA) is 78.9 Å². The molecular weight excluding hydrogens is 476 g/mol. The van der Waals surface area contributed by atoms with Crippen molar-refractivity contribution in [1.82, 2.24) is 5.32 Å². The SMILES string of the molecule is CCOc1cc(CC(=O)NC(CC2CCCCC2)c2ccccc2N2CCCCC2)ccc1CCC(=O)O.